The third-order valence-electron chi connectivity index (χ3n) is 3.04. The predicted molar refractivity (Wildman–Crippen MR) is 109 cm³/mol. The standard InChI is InChI=1S/C12H23FO.C8H12.C2H6/c1-4-5-6-7-8-9-10-14-12(3)11(2)13;1-4-6-8(3)7-5-2;1-2/h11H,3-10H2,1-2H3;4-7H,1H2,2-3H3;1-2H3/b;7-5-,8-6-;. The Labute approximate surface area is 151 Å². The van der Waals surface area contributed by atoms with Gasteiger partial charge in [0.25, 0.3) is 0 Å². The molecule has 1 atom stereocenters. The van der Waals surface area contributed by atoms with E-state index in [1.807, 2.05) is 45.9 Å². The molecule has 24 heavy (non-hydrogen) atoms. The predicted octanol–water partition coefficient (Wildman–Crippen LogP) is 7.96. The number of hydrogen-bond donors (Lipinski definition) is 0. The maximum atomic E-state index is 12.5. The third-order valence-corrected chi connectivity index (χ3v) is 3.04. The second-order valence-corrected chi connectivity index (χ2v) is 5.34. The van der Waals surface area contributed by atoms with Crippen molar-refractivity contribution in [3.05, 3.63) is 48.8 Å². The molecule has 0 aromatic rings. The van der Waals surface area contributed by atoms with Crippen LogP contribution in [0.1, 0.15) is 80.1 Å². The molecule has 0 spiro atoms. The lowest BCUT2D eigenvalue weighted by atomic mass is 10.1. The molecular weight excluding hydrogens is 299 g/mol. The van der Waals surface area contributed by atoms with Gasteiger partial charge in [-0.25, -0.2) is 4.39 Å². The topological polar surface area (TPSA) is 9.23 Å². The van der Waals surface area contributed by atoms with Gasteiger partial charge < -0.3 is 4.74 Å². The van der Waals surface area contributed by atoms with Crippen LogP contribution >= 0.6 is 0 Å². The fourth-order valence-corrected chi connectivity index (χ4v) is 1.70. The molecule has 1 unspecified atom stereocenters. The van der Waals surface area contributed by atoms with Crippen LogP contribution in [-0.2, 0) is 4.74 Å². The smallest absolute Gasteiger partial charge is 0.153 e. The van der Waals surface area contributed by atoms with Crippen LogP contribution in [0.2, 0.25) is 0 Å². The van der Waals surface area contributed by atoms with Crippen molar-refractivity contribution in [1.82, 2.24) is 0 Å². The quantitative estimate of drug-likeness (QED) is 0.210. The van der Waals surface area contributed by atoms with E-state index in [4.69, 9.17) is 4.74 Å². The number of alkyl halides is 1. The number of hydrogen-bond acceptors (Lipinski definition) is 1. The van der Waals surface area contributed by atoms with Crippen molar-refractivity contribution < 1.29 is 9.13 Å². The van der Waals surface area contributed by atoms with Gasteiger partial charge in [-0.1, -0.05) is 95.9 Å². The molecule has 2 heteroatoms. The highest BCUT2D eigenvalue weighted by Gasteiger charge is 2.03. The van der Waals surface area contributed by atoms with Gasteiger partial charge in [0.05, 0.1) is 6.61 Å². The highest BCUT2D eigenvalue weighted by atomic mass is 19.1. The molecular formula is C22H41FO. The zero-order chi connectivity index (χ0) is 19.2. The Morgan fingerprint density at radius 3 is 2.12 bits per heavy atom. The van der Waals surface area contributed by atoms with E-state index in [1.165, 1.54) is 44.6 Å². The second kappa shape index (κ2) is 23.9. The number of halogens is 1. The Morgan fingerprint density at radius 2 is 1.67 bits per heavy atom. The molecule has 0 rings (SSSR count). The van der Waals surface area contributed by atoms with Gasteiger partial charge in [0.15, 0.2) is 6.17 Å². The minimum absolute atomic E-state index is 0.263. The van der Waals surface area contributed by atoms with Crippen LogP contribution in [0.4, 0.5) is 4.39 Å². The van der Waals surface area contributed by atoms with Crippen molar-refractivity contribution in [2.45, 2.75) is 86.2 Å². The van der Waals surface area contributed by atoms with E-state index in [1.54, 1.807) is 6.08 Å². The van der Waals surface area contributed by atoms with Crippen LogP contribution in [0.25, 0.3) is 0 Å². The molecule has 0 aromatic carbocycles. The fourth-order valence-electron chi connectivity index (χ4n) is 1.70. The van der Waals surface area contributed by atoms with Crippen LogP contribution < -0.4 is 0 Å². The zero-order valence-corrected chi connectivity index (χ0v) is 17.0. The molecule has 1 nitrogen and oxygen atoms in total. The molecule has 0 N–H and O–H groups in total. The Balaban J connectivity index is -0.000000374. The van der Waals surface area contributed by atoms with Gasteiger partial charge in [0.2, 0.25) is 0 Å². The fraction of sp³-hybridized carbons (Fsp3) is 0.636. The Kier molecular flexibility index (Phi) is 27.5. The summed E-state index contributed by atoms with van der Waals surface area (Å²) in [6, 6.07) is 0. The Bertz CT molecular complexity index is 327. The first-order valence-electron chi connectivity index (χ1n) is 9.37. The molecule has 0 saturated carbocycles. The van der Waals surface area contributed by atoms with Crippen LogP contribution in [0, 0.1) is 0 Å². The average molecular weight is 341 g/mol. The van der Waals surface area contributed by atoms with E-state index in [0.29, 0.717) is 6.61 Å². The molecule has 0 radical (unpaired) electrons. The number of ether oxygens (including phenoxy) is 1. The van der Waals surface area contributed by atoms with E-state index < -0.39 is 6.17 Å². The monoisotopic (exact) mass is 340 g/mol. The molecule has 0 aromatic heterocycles. The van der Waals surface area contributed by atoms with E-state index in [0.717, 1.165) is 6.42 Å². The first-order chi connectivity index (χ1) is 11.5. The van der Waals surface area contributed by atoms with Crippen LogP contribution in [0.15, 0.2) is 48.8 Å². The Morgan fingerprint density at radius 1 is 1.12 bits per heavy atom. The highest BCUT2D eigenvalue weighted by Crippen LogP contribution is 2.08. The third kappa shape index (κ3) is 25.6. The van der Waals surface area contributed by atoms with Gasteiger partial charge in [0, 0.05) is 0 Å². The SMILES string of the molecule is C=C(OCCCCCCCC)C(C)F.C=C/C=C(C)\C=C/C.CC. The van der Waals surface area contributed by atoms with Crippen molar-refractivity contribution in [1.29, 1.82) is 0 Å². The van der Waals surface area contributed by atoms with Crippen molar-refractivity contribution in [2.75, 3.05) is 6.61 Å². The van der Waals surface area contributed by atoms with E-state index in [9.17, 15) is 4.39 Å². The first kappa shape index (κ1) is 27.5. The van der Waals surface area contributed by atoms with E-state index in [-0.39, 0.29) is 5.76 Å². The van der Waals surface area contributed by atoms with Crippen molar-refractivity contribution >= 4 is 0 Å². The van der Waals surface area contributed by atoms with Crippen LogP contribution in [0.5, 0.6) is 0 Å². The van der Waals surface area contributed by atoms with E-state index >= 15 is 0 Å². The van der Waals surface area contributed by atoms with Crippen molar-refractivity contribution in [3.8, 4) is 0 Å². The van der Waals surface area contributed by atoms with Gasteiger partial charge in [0.1, 0.15) is 5.76 Å². The first-order valence-corrected chi connectivity index (χ1v) is 9.37. The van der Waals surface area contributed by atoms with Gasteiger partial charge in [-0.2, -0.15) is 0 Å². The van der Waals surface area contributed by atoms with Gasteiger partial charge in [-0.15, -0.1) is 0 Å². The maximum absolute atomic E-state index is 12.5. The zero-order valence-electron chi connectivity index (χ0n) is 17.0. The lowest BCUT2D eigenvalue weighted by molar-refractivity contribution is 0.158. The molecule has 0 aliphatic heterocycles. The second-order valence-electron chi connectivity index (χ2n) is 5.34. The lowest BCUT2D eigenvalue weighted by Crippen LogP contribution is -2.03. The summed E-state index contributed by atoms with van der Waals surface area (Å²) in [5, 5.41) is 0. The largest absolute Gasteiger partial charge is 0.495 e. The molecule has 0 fully saturated rings. The molecule has 0 bridgehead atoms. The summed E-state index contributed by atoms with van der Waals surface area (Å²) in [4.78, 5) is 0. The van der Waals surface area contributed by atoms with Gasteiger partial charge in [-0.05, 0) is 27.2 Å². The average Bonchev–Trinajstić information content (AvgIpc) is 2.56. The molecule has 0 saturated heterocycles. The normalized spacial score (nSPS) is 11.7. The summed E-state index contributed by atoms with van der Waals surface area (Å²) in [5.74, 6) is 0.263. The lowest BCUT2D eigenvalue weighted by Gasteiger charge is -2.09. The molecule has 142 valence electrons. The molecule has 0 amide bonds. The molecule has 0 heterocycles. The van der Waals surface area contributed by atoms with E-state index in [2.05, 4.69) is 20.1 Å². The van der Waals surface area contributed by atoms with Crippen molar-refractivity contribution in [3.63, 3.8) is 0 Å². The van der Waals surface area contributed by atoms with Gasteiger partial charge >= 0.3 is 0 Å². The summed E-state index contributed by atoms with van der Waals surface area (Å²) in [5.41, 5.74) is 1.24. The van der Waals surface area contributed by atoms with Crippen molar-refractivity contribution in [2.24, 2.45) is 0 Å². The van der Waals surface area contributed by atoms with Gasteiger partial charge in [-0.3, -0.25) is 0 Å². The van der Waals surface area contributed by atoms with Crippen LogP contribution in [0.3, 0.4) is 0 Å². The maximum Gasteiger partial charge on any atom is 0.153 e. The summed E-state index contributed by atoms with van der Waals surface area (Å²) in [6.45, 7) is 19.4. The Hall–Kier alpha value is -1.31. The highest BCUT2D eigenvalue weighted by molar-refractivity contribution is 5.19. The number of allylic oxidation sites excluding steroid dienone is 6. The minimum atomic E-state index is -1.05. The molecule has 0 aliphatic rings. The summed E-state index contributed by atoms with van der Waals surface area (Å²) in [6.07, 6.45) is 14.1. The minimum Gasteiger partial charge on any atom is -0.495 e. The summed E-state index contributed by atoms with van der Waals surface area (Å²) >= 11 is 0. The molecule has 0 aliphatic carbocycles. The number of rotatable bonds is 11. The number of unbranched alkanes of at least 4 members (excludes halogenated alkanes) is 5. The summed E-state index contributed by atoms with van der Waals surface area (Å²) < 4.78 is 17.7. The van der Waals surface area contributed by atoms with Crippen LogP contribution in [-0.4, -0.2) is 12.8 Å². The summed E-state index contributed by atoms with van der Waals surface area (Å²) in [7, 11) is 0.